The molecule has 1 aromatic rings. The van der Waals surface area contributed by atoms with E-state index >= 15 is 0 Å². The Bertz CT molecular complexity index is 616. The Morgan fingerprint density at radius 3 is 2.60 bits per heavy atom. The monoisotopic (exact) mass is 318 g/mol. The van der Waals surface area contributed by atoms with Crippen molar-refractivity contribution >= 4 is 27.3 Å². The van der Waals surface area contributed by atoms with E-state index in [0.29, 0.717) is 11.4 Å². The molecule has 1 aliphatic rings. The van der Waals surface area contributed by atoms with E-state index in [4.69, 9.17) is 22.1 Å². The highest BCUT2D eigenvalue weighted by Crippen LogP contribution is 2.43. The maximum absolute atomic E-state index is 12.4. The highest BCUT2D eigenvalue weighted by atomic mass is 35.5. The lowest BCUT2D eigenvalue weighted by Crippen LogP contribution is -2.61. The molecule has 0 amide bonds. The van der Waals surface area contributed by atoms with E-state index in [0.717, 1.165) is 0 Å². The number of anilines is 1. The van der Waals surface area contributed by atoms with Gasteiger partial charge in [0.15, 0.2) is 0 Å². The fraction of sp³-hybridized carbons (Fsp3) is 0.538. The van der Waals surface area contributed by atoms with E-state index in [2.05, 4.69) is 4.72 Å². The molecule has 2 unspecified atom stereocenters. The summed E-state index contributed by atoms with van der Waals surface area (Å²) in [6.45, 7) is 3.95. The van der Waals surface area contributed by atoms with Crippen molar-refractivity contribution in [2.45, 2.75) is 37.3 Å². The zero-order chi connectivity index (χ0) is 15.1. The van der Waals surface area contributed by atoms with E-state index in [9.17, 15) is 8.42 Å². The van der Waals surface area contributed by atoms with Crippen molar-refractivity contribution in [3.63, 3.8) is 0 Å². The number of methoxy groups -OCH3 is 1. The minimum Gasteiger partial charge on any atom is -0.398 e. The molecule has 5 nitrogen and oxygen atoms in total. The summed E-state index contributed by atoms with van der Waals surface area (Å²) in [6.07, 6.45) is 0.703. The molecule has 0 spiro atoms. The molecule has 0 aromatic heterocycles. The minimum absolute atomic E-state index is 0.0535. The molecule has 1 fully saturated rings. The predicted octanol–water partition coefficient (Wildman–Crippen LogP) is 2.01. The molecule has 2 rings (SSSR count). The van der Waals surface area contributed by atoms with E-state index in [1.807, 2.05) is 13.8 Å². The molecule has 3 N–H and O–H groups in total. The number of rotatable bonds is 4. The Balaban J connectivity index is 2.21. The summed E-state index contributed by atoms with van der Waals surface area (Å²) in [7, 11) is -2.03. The molecule has 1 saturated carbocycles. The van der Waals surface area contributed by atoms with Crippen LogP contribution in [0.1, 0.15) is 20.3 Å². The van der Waals surface area contributed by atoms with Crippen LogP contribution in [-0.2, 0) is 14.8 Å². The lowest BCUT2D eigenvalue weighted by Gasteiger charge is -2.50. The van der Waals surface area contributed by atoms with Crippen molar-refractivity contribution in [1.82, 2.24) is 4.72 Å². The summed E-state index contributed by atoms with van der Waals surface area (Å²) in [5, 5.41) is 0.407. The number of hydrogen-bond acceptors (Lipinski definition) is 4. The van der Waals surface area contributed by atoms with Gasteiger partial charge in [-0.15, -0.1) is 0 Å². The second-order valence-corrected chi connectivity index (χ2v) is 7.76. The lowest BCUT2D eigenvalue weighted by atomic mass is 9.65. The first-order valence-electron chi connectivity index (χ1n) is 6.28. The first-order chi connectivity index (χ1) is 9.18. The van der Waals surface area contributed by atoms with Gasteiger partial charge < -0.3 is 10.5 Å². The molecule has 0 heterocycles. The highest BCUT2D eigenvalue weighted by molar-refractivity contribution is 7.89. The SMILES string of the molecule is COC1CC(NS(=O)(=O)c2ccc(Cl)cc2N)C1(C)C. The van der Waals surface area contributed by atoms with Crippen LogP contribution in [0.25, 0.3) is 0 Å². The molecule has 2 atom stereocenters. The Morgan fingerprint density at radius 1 is 1.45 bits per heavy atom. The minimum atomic E-state index is -3.66. The molecule has 0 aliphatic heterocycles. The van der Waals surface area contributed by atoms with Gasteiger partial charge in [-0.2, -0.15) is 0 Å². The quantitative estimate of drug-likeness (QED) is 0.832. The van der Waals surface area contributed by atoms with Crippen LogP contribution in [0.15, 0.2) is 23.1 Å². The third-order valence-electron chi connectivity index (χ3n) is 4.02. The summed E-state index contributed by atoms with van der Waals surface area (Å²) >= 11 is 5.78. The summed E-state index contributed by atoms with van der Waals surface area (Å²) in [4.78, 5) is 0.0542. The van der Waals surface area contributed by atoms with Gasteiger partial charge in [0.1, 0.15) is 4.90 Å². The zero-order valence-electron chi connectivity index (χ0n) is 11.7. The molecular weight excluding hydrogens is 300 g/mol. The number of nitrogens with one attached hydrogen (secondary N) is 1. The summed E-state index contributed by atoms with van der Waals surface area (Å²) in [6, 6.07) is 4.18. The standard InChI is InChI=1S/C13H19ClN2O3S/c1-13(2)11(7-12(13)19-3)16-20(17,18)10-5-4-8(14)6-9(10)15/h4-6,11-12,16H,7,15H2,1-3H3. The van der Waals surface area contributed by atoms with Crippen LogP contribution < -0.4 is 10.5 Å². The molecule has 20 heavy (non-hydrogen) atoms. The molecule has 0 radical (unpaired) electrons. The highest BCUT2D eigenvalue weighted by Gasteiger charge is 2.50. The Kier molecular flexibility index (Phi) is 4.03. The van der Waals surface area contributed by atoms with Crippen LogP contribution in [0, 0.1) is 5.41 Å². The van der Waals surface area contributed by atoms with Crippen molar-refractivity contribution in [3.05, 3.63) is 23.2 Å². The van der Waals surface area contributed by atoms with Crippen LogP contribution >= 0.6 is 11.6 Å². The summed E-state index contributed by atoms with van der Waals surface area (Å²) in [5.74, 6) is 0. The van der Waals surface area contributed by atoms with Crippen LogP contribution in [0.5, 0.6) is 0 Å². The van der Waals surface area contributed by atoms with Gasteiger partial charge in [-0.3, -0.25) is 0 Å². The first-order valence-corrected chi connectivity index (χ1v) is 8.14. The number of ether oxygens (including phenoxy) is 1. The Labute approximate surface area is 124 Å². The van der Waals surface area contributed by atoms with Crippen molar-refractivity contribution in [3.8, 4) is 0 Å². The number of sulfonamides is 1. The second kappa shape index (κ2) is 5.18. The number of halogens is 1. The summed E-state index contributed by atoms with van der Waals surface area (Å²) in [5.41, 5.74) is 5.63. The molecule has 0 saturated heterocycles. The largest absolute Gasteiger partial charge is 0.398 e. The molecule has 1 aliphatic carbocycles. The van der Waals surface area contributed by atoms with Crippen molar-refractivity contribution < 1.29 is 13.2 Å². The van der Waals surface area contributed by atoms with E-state index in [1.165, 1.54) is 18.2 Å². The lowest BCUT2D eigenvalue weighted by molar-refractivity contribution is -0.0908. The second-order valence-electron chi connectivity index (χ2n) is 5.64. The third kappa shape index (κ3) is 2.65. The van der Waals surface area contributed by atoms with E-state index < -0.39 is 10.0 Å². The number of nitrogens with two attached hydrogens (primary N) is 1. The number of hydrogen-bond donors (Lipinski definition) is 2. The molecule has 0 bridgehead atoms. The zero-order valence-corrected chi connectivity index (χ0v) is 13.3. The summed E-state index contributed by atoms with van der Waals surface area (Å²) < 4.78 is 32.8. The molecule has 112 valence electrons. The van der Waals surface area contributed by atoms with Gasteiger partial charge >= 0.3 is 0 Å². The number of benzene rings is 1. The van der Waals surface area contributed by atoms with Gasteiger partial charge in [0.2, 0.25) is 10.0 Å². The molecule has 1 aromatic carbocycles. The van der Waals surface area contributed by atoms with Gasteiger partial charge in [-0.25, -0.2) is 13.1 Å². The fourth-order valence-corrected chi connectivity index (χ4v) is 4.20. The van der Waals surface area contributed by atoms with Crippen LogP contribution in [0.3, 0.4) is 0 Å². The average Bonchev–Trinajstić information content (AvgIpc) is 2.33. The van der Waals surface area contributed by atoms with E-state index in [1.54, 1.807) is 7.11 Å². The van der Waals surface area contributed by atoms with Gasteiger partial charge in [-0.05, 0) is 24.6 Å². The van der Waals surface area contributed by atoms with Crippen LogP contribution in [-0.4, -0.2) is 27.7 Å². The van der Waals surface area contributed by atoms with Gasteiger partial charge in [0.05, 0.1) is 11.8 Å². The predicted molar refractivity (Wildman–Crippen MR) is 79.2 cm³/mol. The third-order valence-corrected chi connectivity index (χ3v) is 5.80. The molecule has 7 heteroatoms. The van der Waals surface area contributed by atoms with Gasteiger partial charge in [0.25, 0.3) is 0 Å². The normalized spacial score (nSPS) is 25.2. The Morgan fingerprint density at radius 2 is 2.10 bits per heavy atom. The fourth-order valence-electron chi connectivity index (χ4n) is 2.50. The topological polar surface area (TPSA) is 81.4 Å². The van der Waals surface area contributed by atoms with E-state index in [-0.39, 0.29) is 28.1 Å². The van der Waals surface area contributed by atoms with Gasteiger partial charge in [0, 0.05) is 23.6 Å². The first kappa shape index (κ1) is 15.6. The average molecular weight is 319 g/mol. The van der Waals surface area contributed by atoms with Gasteiger partial charge in [-0.1, -0.05) is 25.4 Å². The van der Waals surface area contributed by atoms with Crippen molar-refractivity contribution in [2.24, 2.45) is 5.41 Å². The van der Waals surface area contributed by atoms with Crippen LogP contribution in [0.4, 0.5) is 5.69 Å². The smallest absolute Gasteiger partial charge is 0.242 e. The van der Waals surface area contributed by atoms with Crippen LogP contribution in [0.2, 0.25) is 5.02 Å². The van der Waals surface area contributed by atoms with Crippen molar-refractivity contribution in [1.29, 1.82) is 0 Å². The Hall–Kier alpha value is -0.820. The number of nitrogen functional groups attached to an aromatic ring is 1. The maximum Gasteiger partial charge on any atom is 0.242 e. The maximum atomic E-state index is 12.4. The molecular formula is C13H19ClN2O3S. The van der Waals surface area contributed by atoms with Crippen molar-refractivity contribution in [2.75, 3.05) is 12.8 Å².